The van der Waals surface area contributed by atoms with Crippen molar-refractivity contribution in [1.82, 2.24) is 0 Å². The Kier molecular flexibility index (Phi) is 3.55. The second kappa shape index (κ2) is 5.12. The Morgan fingerprint density at radius 3 is 2.78 bits per heavy atom. The Bertz CT molecular complexity index is 616. The lowest BCUT2D eigenvalue weighted by Gasteiger charge is -2.11. The predicted octanol–water partition coefficient (Wildman–Crippen LogP) is 2.80. The molecule has 0 aliphatic rings. The van der Waals surface area contributed by atoms with E-state index >= 15 is 0 Å². The second-order valence-electron chi connectivity index (χ2n) is 4.11. The molecule has 2 rings (SSSR count). The molecule has 0 aliphatic heterocycles. The minimum atomic E-state index is -0.323. The maximum Gasteiger partial charge on any atom is 0.336 e. The molecule has 0 atom stereocenters. The Labute approximate surface area is 106 Å². The molecule has 0 fully saturated rings. The molecule has 0 aliphatic carbocycles. The van der Waals surface area contributed by atoms with Gasteiger partial charge in [0.1, 0.15) is 11.4 Å². The lowest BCUT2D eigenvalue weighted by molar-refractivity contribution is 0.416. The maximum absolute atomic E-state index is 11.6. The van der Waals surface area contributed by atoms with E-state index in [1.807, 2.05) is 12.1 Å². The first-order chi connectivity index (χ1) is 8.71. The first-order valence-electron chi connectivity index (χ1n) is 6.02. The number of aryl methyl sites for hydroxylation is 1. The summed E-state index contributed by atoms with van der Waals surface area (Å²) < 4.78 is 10.6. The third-order valence-electron chi connectivity index (χ3n) is 2.95. The zero-order valence-electron chi connectivity index (χ0n) is 10.9. The van der Waals surface area contributed by atoms with Crippen molar-refractivity contribution in [2.45, 2.75) is 19.8 Å². The Morgan fingerprint density at radius 1 is 1.39 bits per heavy atom. The first kappa shape index (κ1) is 12.5. The van der Waals surface area contributed by atoms with Crippen molar-refractivity contribution >= 4 is 16.7 Å². The number of methoxy groups -OCH3 is 1. The SMILES string of the molecule is CCCc1cc(=O)oc2c(NC)c(OC)ccc12. The van der Waals surface area contributed by atoms with Gasteiger partial charge in [0.05, 0.1) is 7.11 Å². The smallest absolute Gasteiger partial charge is 0.336 e. The zero-order valence-corrected chi connectivity index (χ0v) is 10.9. The van der Waals surface area contributed by atoms with Crippen LogP contribution in [0.1, 0.15) is 18.9 Å². The lowest BCUT2D eigenvalue weighted by atomic mass is 10.0. The van der Waals surface area contributed by atoms with E-state index in [1.165, 1.54) is 0 Å². The molecule has 1 heterocycles. The van der Waals surface area contributed by atoms with E-state index in [4.69, 9.17) is 9.15 Å². The van der Waals surface area contributed by atoms with Gasteiger partial charge in [-0.3, -0.25) is 0 Å². The van der Waals surface area contributed by atoms with Crippen LogP contribution in [0.15, 0.2) is 27.4 Å². The van der Waals surface area contributed by atoms with Gasteiger partial charge in [-0.2, -0.15) is 0 Å². The highest BCUT2D eigenvalue weighted by molar-refractivity contribution is 5.94. The van der Waals surface area contributed by atoms with Crippen molar-refractivity contribution in [2.24, 2.45) is 0 Å². The number of anilines is 1. The summed E-state index contributed by atoms with van der Waals surface area (Å²) in [4.78, 5) is 11.6. The van der Waals surface area contributed by atoms with Gasteiger partial charge in [0.15, 0.2) is 5.58 Å². The van der Waals surface area contributed by atoms with Gasteiger partial charge in [0, 0.05) is 18.5 Å². The number of benzene rings is 1. The molecule has 18 heavy (non-hydrogen) atoms. The molecule has 4 nitrogen and oxygen atoms in total. The second-order valence-corrected chi connectivity index (χ2v) is 4.11. The summed E-state index contributed by atoms with van der Waals surface area (Å²) >= 11 is 0. The molecule has 0 saturated heterocycles. The normalized spacial score (nSPS) is 10.6. The summed E-state index contributed by atoms with van der Waals surface area (Å²) in [6, 6.07) is 5.38. The molecule has 0 unspecified atom stereocenters. The average molecular weight is 247 g/mol. The summed E-state index contributed by atoms with van der Waals surface area (Å²) in [6.07, 6.45) is 1.84. The van der Waals surface area contributed by atoms with Crippen LogP contribution >= 0.6 is 0 Å². The third kappa shape index (κ3) is 2.06. The summed E-state index contributed by atoms with van der Waals surface area (Å²) in [5.41, 5.74) is 1.97. The highest BCUT2D eigenvalue weighted by Gasteiger charge is 2.12. The highest BCUT2D eigenvalue weighted by atomic mass is 16.5. The molecule has 0 saturated carbocycles. The van der Waals surface area contributed by atoms with Gasteiger partial charge >= 0.3 is 5.63 Å². The molecule has 4 heteroatoms. The molecule has 0 bridgehead atoms. The third-order valence-corrected chi connectivity index (χ3v) is 2.95. The molecule has 2 aromatic rings. The van der Waals surface area contributed by atoms with Crippen LogP contribution in [-0.2, 0) is 6.42 Å². The van der Waals surface area contributed by atoms with Gasteiger partial charge in [-0.25, -0.2) is 4.79 Å². The quantitative estimate of drug-likeness (QED) is 0.844. The molecule has 96 valence electrons. The van der Waals surface area contributed by atoms with Crippen LogP contribution in [-0.4, -0.2) is 14.2 Å². The van der Waals surface area contributed by atoms with Crippen molar-refractivity contribution in [3.63, 3.8) is 0 Å². The number of hydrogen-bond donors (Lipinski definition) is 1. The van der Waals surface area contributed by atoms with Gasteiger partial charge in [0.2, 0.25) is 0 Å². The summed E-state index contributed by atoms with van der Waals surface area (Å²) in [6.45, 7) is 2.09. The van der Waals surface area contributed by atoms with E-state index < -0.39 is 0 Å². The van der Waals surface area contributed by atoms with Gasteiger partial charge < -0.3 is 14.5 Å². The molecule has 1 aromatic carbocycles. The van der Waals surface area contributed by atoms with E-state index in [0.29, 0.717) is 17.0 Å². The van der Waals surface area contributed by atoms with Gasteiger partial charge in [-0.15, -0.1) is 0 Å². The zero-order chi connectivity index (χ0) is 13.1. The van der Waals surface area contributed by atoms with E-state index in [2.05, 4.69) is 12.2 Å². The Morgan fingerprint density at radius 2 is 2.17 bits per heavy atom. The van der Waals surface area contributed by atoms with E-state index in [0.717, 1.165) is 23.8 Å². The van der Waals surface area contributed by atoms with Gasteiger partial charge in [-0.1, -0.05) is 13.3 Å². The molecular formula is C14H17NO3. The first-order valence-corrected chi connectivity index (χ1v) is 6.02. The van der Waals surface area contributed by atoms with E-state index in [9.17, 15) is 4.79 Å². The number of nitrogens with one attached hydrogen (secondary N) is 1. The fraction of sp³-hybridized carbons (Fsp3) is 0.357. The van der Waals surface area contributed by atoms with Crippen molar-refractivity contribution in [2.75, 3.05) is 19.5 Å². The fourth-order valence-electron chi connectivity index (χ4n) is 2.16. The van der Waals surface area contributed by atoms with Crippen LogP contribution in [0.3, 0.4) is 0 Å². The molecule has 1 N–H and O–H groups in total. The van der Waals surface area contributed by atoms with Crippen molar-refractivity contribution in [1.29, 1.82) is 0 Å². The number of hydrogen-bond acceptors (Lipinski definition) is 4. The average Bonchev–Trinajstić information content (AvgIpc) is 2.37. The van der Waals surface area contributed by atoms with Crippen LogP contribution < -0.4 is 15.7 Å². The van der Waals surface area contributed by atoms with E-state index in [-0.39, 0.29) is 5.63 Å². The summed E-state index contributed by atoms with van der Waals surface area (Å²) in [7, 11) is 3.37. The van der Waals surface area contributed by atoms with Gasteiger partial charge in [0.25, 0.3) is 0 Å². The molecule has 0 amide bonds. The number of rotatable bonds is 4. The molecule has 0 radical (unpaired) electrons. The highest BCUT2D eigenvalue weighted by Crippen LogP contribution is 2.33. The minimum absolute atomic E-state index is 0.323. The number of fused-ring (bicyclic) bond motifs is 1. The fourth-order valence-corrected chi connectivity index (χ4v) is 2.16. The van der Waals surface area contributed by atoms with Crippen LogP contribution in [0.5, 0.6) is 5.75 Å². The summed E-state index contributed by atoms with van der Waals surface area (Å²) in [5, 5.41) is 3.99. The maximum atomic E-state index is 11.6. The van der Waals surface area contributed by atoms with Crippen molar-refractivity contribution < 1.29 is 9.15 Å². The number of ether oxygens (including phenoxy) is 1. The molecular weight excluding hydrogens is 230 g/mol. The molecule has 0 spiro atoms. The van der Waals surface area contributed by atoms with Crippen molar-refractivity contribution in [3.05, 3.63) is 34.2 Å². The van der Waals surface area contributed by atoms with Gasteiger partial charge in [-0.05, 0) is 24.1 Å². The van der Waals surface area contributed by atoms with Crippen LogP contribution in [0.2, 0.25) is 0 Å². The lowest BCUT2D eigenvalue weighted by Crippen LogP contribution is -2.03. The Hall–Kier alpha value is -1.97. The predicted molar refractivity (Wildman–Crippen MR) is 72.6 cm³/mol. The van der Waals surface area contributed by atoms with E-state index in [1.54, 1.807) is 20.2 Å². The van der Waals surface area contributed by atoms with Crippen LogP contribution in [0, 0.1) is 0 Å². The van der Waals surface area contributed by atoms with Crippen molar-refractivity contribution in [3.8, 4) is 5.75 Å². The standard InChI is InChI=1S/C14H17NO3/c1-4-5-9-8-12(16)18-14-10(9)6-7-11(17-3)13(14)15-2/h6-8,15H,4-5H2,1-3H3. The summed E-state index contributed by atoms with van der Waals surface area (Å²) in [5.74, 6) is 0.668. The van der Waals surface area contributed by atoms with Crippen LogP contribution in [0.25, 0.3) is 11.0 Å². The van der Waals surface area contributed by atoms with Crippen LogP contribution in [0.4, 0.5) is 5.69 Å². The topological polar surface area (TPSA) is 51.5 Å². The molecule has 1 aromatic heterocycles. The minimum Gasteiger partial charge on any atom is -0.494 e. The Balaban J connectivity index is 2.80. The largest absolute Gasteiger partial charge is 0.494 e. The monoisotopic (exact) mass is 247 g/mol.